The van der Waals surface area contributed by atoms with Crippen LogP contribution in [-0.2, 0) is 9.31 Å². The number of rotatable bonds is 3. The van der Waals surface area contributed by atoms with E-state index in [9.17, 15) is 0 Å². The maximum Gasteiger partial charge on any atom is 0.494 e. The van der Waals surface area contributed by atoms with Crippen molar-refractivity contribution in [3.8, 4) is 22.3 Å². The topological polar surface area (TPSA) is 18.5 Å². The minimum absolute atomic E-state index is 0.359. The molecule has 0 aliphatic carbocycles. The highest BCUT2D eigenvalue weighted by Gasteiger charge is 2.51. The van der Waals surface area contributed by atoms with E-state index in [1.54, 1.807) is 0 Å². The van der Waals surface area contributed by atoms with Crippen LogP contribution in [0.5, 0.6) is 0 Å². The van der Waals surface area contributed by atoms with Gasteiger partial charge in [0.1, 0.15) is 0 Å². The van der Waals surface area contributed by atoms with Gasteiger partial charge >= 0.3 is 7.12 Å². The van der Waals surface area contributed by atoms with Crippen molar-refractivity contribution in [1.29, 1.82) is 0 Å². The summed E-state index contributed by atoms with van der Waals surface area (Å²) in [5.74, 6) is 0. The van der Waals surface area contributed by atoms with Crippen molar-refractivity contribution in [3.63, 3.8) is 0 Å². The van der Waals surface area contributed by atoms with E-state index in [0.717, 1.165) is 11.0 Å². The fourth-order valence-electron chi connectivity index (χ4n) is 5.46. The first-order valence-corrected chi connectivity index (χ1v) is 14.0. The molecule has 0 amide bonds. The van der Waals surface area contributed by atoms with Crippen LogP contribution in [0.1, 0.15) is 27.7 Å². The van der Waals surface area contributed by atoms with E-state index in [4.69, 9.17) is 9.31 Å². The van der Waals surface area contributed by atoms with Crippen molar-refractivity contribution >= 4 is 54.9 Å². The van der Waals surface area contributed by atoms with Crippen LogP contribution < -0.4 is 5.46 Å². The van der Waals surface area contributed by atoms with Gasteiger partial charge in [-0.1, -0.05) is 97.1 Å². The van der Waals surface area contributed by atoms with E-state index < -0.39 is 0 Å². The van der Waals surface area contributed by atoms with E-state index in [-0.39, 0.29) is 18.3 Å². The molecule has 0 atom stereocenters. The molecule has 0 bridgehead atoms. The van der Waals surface area contributed by atoms with Crippen molar-refractivity contribution in [2.75, 3.05) is 0 Å². The molecule has 38 heavy (non-hydrogen) atoms. The molecule has 0 N–H and O–H groups in total. The van der Waals surface area contributed by atoms with E-state index >= 15 is 0 Å². The molecule has 1 fully saturated rings. The second-order valence-corrected chi connectivity index (χ2v) is 12.3. The van der Waals surface area contributed by atoms with Crippen LogP contribution in [0, 0.1) is 0 Å². The average Bonchev–Trinajstić information content (AvgIpc) is 3.42. The van der Waals surface area contributed by atoms with Gasteiger partial charge in [-0.3, -0.25) is 0 Å². The lowest BCUT2D eigenvalue weighted by atomic mass is 9.78. The zero-order valence-corrected chi connectivity index (χ0v) is 22.9. The van der Waals surface area contributed by atoms with Crippen LogP contribution >= 0.6 is 11.3 Å². The smallest absolute Gasteiger partial charge is 0.399 e. The Labute approximate surface area is 228 Å². The van der Waals surface area contributed by atoms with Crippen molar-refractivity contribution in [2.45, 2.75) is 38.9 Å². The molecule has 4 heteroatoms. The molecule has 2 heterocycles. The number of hydrogen-bond acceptors (Lipinski definition) is 3. The summed E-state index contributed by atoms with van der Waals surface area (Å²) in [4.78, 5) is 0. The zero-order valence-electron chi connectivity index (χ0n) is 22.1. The van der Waals surface area contributed by atoms with Gasteiger partial charge in [0.15, 0.2) is 0 Å². The number of hydrogen-bond donors (Lipinski definition) is 0. The first kappa shape index (κ1) is 23.7. The van der Waals surface area contributed by atoms with Gasteiger partial charge in [-0.05, 0) is 72.3 Å². The third kappa shape index (κ3) is 3.71. The molecule has 2 nitrogen and oxygen atoms in total. The second kappa shape index (κ2) is 8.54. The van der Waals surface area contributed by atoms with Crippen LogP contribution in [-0.4, -0.2) is 18.3 Å². The monoisotopic (exact) mass is 512 g/mol. The summed E-state index contributed by atoms with van der Waals surface area (Å²) in [5, 5.41) is 5.26. The van der Waals surface area contributed by atoms with Gasteiger partial charge in [0.25, 0.3) is 0 Å². The summed E-state index contributed by atoms with van der Waals surface area (Å²) in [6, 6.07) is 37.3. The Morgan fingerprint density at radius 3 is 2.00 bits per heavy atom. The standard InChI is InChI=1S/C34H29BO2S/c1-33(2)34(3,4)37-35(36-33)26-14-8-12-24(21-26)23-11-7-13-25(20-23)28-16-9-17-29-30-19-18-22-10-5-6-15-27(22)31(30)38-32(28)29/h5-21H,1-4H3. The van der Waals surface area contributed by atoms with Gasteiger partial charge < -0.3 is 9.31 Å². The zero-order chi connectivity index (χ0) is 26.1. The molecule has 0 spiro atoms. The largest absolute Gasteiger partial charge is 0.494 e. The molecule has 1 aliphatic heterocycles. The normalized spacial score (nSPS) is 16.6. The first-order chi connectivity index (χ1) is 18.3. The molecule has 0 radical (unpaired) electrons. The van der Waals surface area contributed by atoms with Crippen molar-refractivity contribution in [3.05, 3.63) is 103 Å². The Kier molecular flexibility index (Phi) is 5.32. The Morgan fingerprint density at radius 2 is 1.18 bits per heavy atom. The van der Waals surface area contributed by atoms with Crippen molar-refractivity contribution in [1.82, 2.24) is 0 Å². The van der Waals surface area contributed by atoms with E-state index in [1.807, 2.05) is 11.3 Å². The lowest BCUT2D eigenvalue weighted by molar-refractivity contribution is 0.00578. The Morgan fingerprint density at radius 1 is 0.553 bits per heavy atom. The predicted molar refractivity (Wildman–Crippen MR) is 163 cm³/mol. The molecule has 7 rings (SSSR count). The van der Waals surface area contributed by atoms with Gasteiger partial charge in [-0.2, -0.15) is 0 Å². The summed E-state index contributed by atoms with van der Waals surface area (Å²) in [6.07, 6.45) is 0. The summed E-state index contributed by atoms with van der Waals surface area (Å²) in [7, 11) is -0.370. The highest BCUT2D eigenvalue weighted by Crippen LogP contribution is 2.43. The highest BCUT2D eigenvalue weighted by molar-refractivity contribution is 7.27. The van der Waals surface area contributed by atoms with Crippen LogP contribution in [0.3, 0.4) is 0 Å². The lowest BCUT2D eigenvalue weighted by Gasteiger charge is -2.32. The molecular formula is C34H29BO2S. The molecule has 186 valence electrons. The second-order valence-electron chi connectivity index (χ2n) is 11.2. The average molecular weight is 512 g/mol. The van der Waals surface area contributed by atoms with Gasteiger partial charge in [0.05, 0.1) is 11.2 Å². The molecule has 1 aromatic heterocycles. The summed E-state index contributed by atoms with van der Waals surface area (Å²) in [5.41, 5.74) is 5.17. The van der Waals surface area contributed by atoms with Crippen LogP contribution in [0.4, 0.5) is 0 Å². The third-order valence-corrected chi connectivity index (χ3v) is 9.60. The van der Waals surface area contributed by atoms with E-state index in [2.05, 4.69) is 131 Å². The summed E-state index contributed by atoms with van der Waals surface area (Å²) < 4.78 is 15.3. The summed E-state index contributed by atoms with van der Waals surface area (Å²) >= 11 is 1.90. The maximum absolute atomic E-state index is 6.32. The maximum atomic E-state index is 6.32. The SMILES string of the molecule is CC1(C)OB(c2cccc(-c3cccc(-c4cccc5c4sc4c6ccccc6ccc54)c3)c2)OC1(C)C. The van der Waals surface area contributed by atoms with Crippen LogP contribution in [0.15, 0.2) is 103 Å². The van der Waals surface area contributed by atoms with Crippen LogP contribution in [0.25, 0.3) is 53.2 Å². The Balaban J connectivity index is 1.31. The molecule has 5 aromatic carbocycles. The first-order valence-electron chi connectivity index (χ1n) is 13.2. The highest BCUT2D eigenvalue weighted by atomic mass is 32.1. The summed E-state index contributed by atoms with van der Waals surface area (Å²) in [6.45, 7) is 8.38. The van der Waals surface area contributed by atoms with Gasteiger partial charge in [-0.15, -0.1) is 11.3 Å². The Bertz CT molecular complexity index is 1830. The van der Waals surface area contributed by atoms with Crippen molar-refractivity contribution in [2.24, 2.45) is 0 Å². The lowest BCUT2D eigenvalue weighted by Crippen LogP contribution is -2.41. The van der Waals surface area contributed by atoms with Gasteiger partial charge in [0.2, 0.25) is 0 Å². The molecule has 0 unspecified atom stereocenters. The third-order valence-electron chi connectivity index (χ3n) is 8.31. The quantitative estimate of drug-likeness (QED) is 0.221. The number of thiophene rings is 1. The van der Waals surface area contributed by atoms with Gasteiger partial charge in [0, 0.05) is 20.2 Å². The molecular weight excluding hydrogens is 483 g/mol. The minimum Gasteiger partial charge on any atom is -0.399 e. The van der Waals surface area contributed by atoms with Crippen molar-refractivity contribution < 1.29 is 9.31 Å². The predicted octanol–water partition coefficient (Wildman–Crippen LogP) is 8.84. The fraction of sp³-hybridized carbons (Fsp3) is 0.176. The fourth-order valence-corrected chi connectivity index (χ4v) is 6.84. The van der Waals surface area contributed by atoms with Crippen LogP contribution in [0.2, 0.25) is 0 Å². The Hall–Kier alpha value is -3.44. The molecule has 1 aliphatic rings. The molecule has 0 saturated carbocycles. The number of fused-ring (bicyclic) bond motifs is 5. The van der Waals surface area contributed by atoms with E-state index in [1.165, 1.54) is 47.6 Å². The number of benzene rings is 5. The van der Waals surface area contributed by atoms with Gasteiger partial charge in [-0.25, -0.2) is 0 Å². The molecule has 1 saturated heterocycles. The van der Waals surface area contributed by atoms with E-state index in [0.29, 0.717) is 0 Å². The minimum atomic E-state index is -0.370. The molecule has 6 aromatic rings.